The summed E-state index contributed by atoms with van der Waals surface area (Å²) in [7, 11) is 0. The molecule has 0 unspecified atom stereocenters. The lowest BCUT2D eigenvalue weighted by atomic mass is 9.61. The monoisotopic (exact) mass is 964 g/mol. The summed E-state index contributed by atoms with van der Waals surface area (Å²) < 4.78 is 69.8. The van der Waals surface area contributed by atoms with E-state index in [4.69, 9.17) is 56.8 Å². The Morgan fingerprint density at radius 1 is 0.691 bits per heavy atom. The van der Waals surface area contributed by atoms with Crippen molar-refractivity contribution in [2.45, 2.75) is 160 Å². The van der Waals surface area contributed by atoms with Gasteiger partial charge in [0.1, 0.15) is 42.5 Å². The standard InChI is InChI=1S/C45H56O23/c1-18-14-43-17-44(18,56)12-10-28(43)45-13-11-29(53)42(9,41(55)68-45)37(45)30(43)38(54)67-40-36(63-25(8)52)34(61-23(6)50)32(27(65-40)16-58-20(3)47)66-39-35(62-24(7)51)33(60-22(5)49)31(59-21(4)48)26(64-39)15-57-19(2)46/h11,13,26-37,39-40,53,56H,1,10,12,14-17H2,2-9H3/t26-,27-,28-,29+,30-,31-,32-,33+,34+,35-,36-,37-,39+,40+,42-,43+,44+,45-/m1/s1. The highest BCUT2D eigenvalue weighted by molar-refractivity contribution is 5.87. The fourth-order valence-electron chi connectivity index (χ4n) is 11.9. The smallest absolute Gasteiger partial charge is 0.316 e. The van der Waals surface area contributed by atoms with Gasteiger partial charge in [0.2, 0.25) is 12.4 Å². The normalized spacial score (nSPS) is 41.7. The fourth-order valence-corrected chi connectivity index (χ4v) is 11.9. The molecule has 1 spiro atoms. The molecule has 3 saturated carbocycles. The van der Waals surface area contributed by atoms with Crippen LogP contribution < -0.4 is 0 Å². The zero-order valence-electron chi connectivity index (χ0n) is 38.7. The lowest BCUT2D eigenvalue weighted by Gasteiger charge is -2.49. The molecule has 7 aliphatic rings. The van der Waals surface area contributed by atoms with Crippen LogP contribution in [0, 0.1) is 28.6 Å². The van der Waals surface area contributed by atoms with E-state index in [0.717, 1.165) is 48.5 Å². The zero-order chi connectivity index (χ0) is 50.0. The van der Waals surface area contributed by atoms with Crippen LogP contribution >= 0.6 is 0 Å². The maximum absolute atomic E-state index is 15.3. The van der Waals surface area contributed by atoms with E-state index in [1.807, 2.05) is 0 Å². The second-order valence-corrected chi connectivity index (χ2v) is 18.7. The Labute approximate surface area is 389 Å². The van der Waals surface area contributed by atoms with Gasteiger partial charge in [0.25, 0.3) is 0 Å². The molecular weight excluding hydrogens is 908 g/mol. The fraction of sp³-hybridized carbons (Fsp3) is 0.711. The van der Waals surface area contributed by atoms with Gasteiger partial charge in [0, 0.05) is 60.3 Å². The maximum atomic E-state index is 15.3. The van der Waals surface area contributed by atoms with Crippen molar-refractivity contribution in [1.29, 1.82) is 0 Å². The SMILES string of the molecule is C=C1C[C@]23C[C@@]1(O)CC[C@H]2[C@@]12C=C[C@H](O)[C@@](C)(C(=O)O1)[C@H]2[C@@H]3C(=O)O[C@@H]1O[C@H](COC(C)=O)[C@@H](O[C@@H]2O[C@H](COC(C)=O)[C@@H](OC(C)=O)[C@H](OC(C)=O)[C@H]2OC(C)=O)[C@H](OC(C)=O)[C@H]1OC(C)=O. The highest BCUT2D eigenvalue weighted by atomic mass is 16.8. The van der Waals surface area contributed by atoms with Crippen LogP contribution in [0.1, 0.15) is 81.1 Å². The number of esters is 9. The summed E-state index contributed by atoms with van der Waals surface area (Å²) in [5.41, 5.74) is -5.18. The van der Waals surface area contributed by atoms with Gasteiger partial charge in [0.05, 0.1) is 17.6 Å². The summed E-state index contributed by atoms with van der Waals surface area (Å²) in [5, 5.41) is 23.2. The molecule has 3 aliphatic heterocycles. The molecule has 4 bridgehead atoms. The second kappa shape index (κ2) is 18.4. The quantitative estimate of drug-likeness (QED) is 0.141. The molecule has 23 heteroatoms. The summed E-state index contributed by atoms with van der Waals surface area (Å²) in [6.07, 6.45) is -15.6. The van der Waals surface area contributed by atoms with E-state index < -0.39 is 174 Å². The summed E-state index contributed by atoms with van der Waals surface area (Å²) >= 11 is 0. The number of carbonyl (C=O) groups is 9. The molecule has 18 atom stereocenters. The Kier molecular flexibility index (Phi) is 13.7. The van der Waals surface area contributed by atoms with E-state index in [-0.39, 0.29) is 19.3 Å². The molecule has 0 amide bonds. The number of hydrogen-bond donors (Lipinski definition) is 2. The third-order valence-corrected chi connectivity index (χ3v) is 14.2. The van der Waals surface area contributed by atoms with Gasteiger partial charge in [-0.1, -0.05) is 12.7 Å². The van der Waals surface area contributed by atoms with Crippen molar-refractivity contribution in [3.05, 3.63) is 24.3 Å². The molecule has 4 aliphatic carbocycles. The van der Waals surface area contributed by atoms with Gasteiger partial charge in [-0.2, -0.15) is 0 Å². The minimum absolute atomic E-state index is 0.0229. The molecule has 23 nitrogen and oxygen atoms in total. The first-order valence-corrected chi connectivity index (χ1v) is 22.1. The number of hydrogen-bond acceptors (Lipinski definition) is 23. The van der Waals surface area contributed by atoms with Gasteiger partial charge < -0.3 is 67.1 Å². The van der Waals surface area contributed by atoms with Crippen LogP contribution in [0.5, 0.6) is 0 Å². The molecule has 0 aromatic heterocycles. The molecule has 0 radical (unpaired) electrons. The van der Waals surface area contributed by atoms with Gasteiger partial charge in [-0.15, -0.1) is 0 Å². The lowest BCUT2D eigenvalue weighted by molar-refractivity contribution is -0.358. The minimum Gasteiger partial charge on any atom is -0.463 e. The van der Waals surface area contributed by atoms with Crippen molar-refractivity contribution < 1.29 is 110 Å². The minimum atomic E-state index is -2.03. The highest BCUT2D eigenvalue weighted by Crippen LogP contribution is 2.77. The first kappa shape index (κ1) is 50.4. The van der Waals surface area contributed by atoms with Crippen molar-refractivity contribution >= 4 is 53.7 Å². The van der Waals surface area contributed by atoms with E-state index in [0.29, 0.717) is 12.0 Å². The molecule has 7 rings (SSSR count). The molecule has 68 heavy (non-hydrogen) atoms. The van der Waals surface area contributed by atoms with Crippen LogP contribution in [-0.4, -0.2) is 156 Å². The third kappa shape index (κ3) is 8.75. The van der Waals surface area contributed by atoms with Gasteiger partial charge >= 0.3 is 53.7 Å². The summed E-state index contributed by atoms with van der Waals surface area (Å²) in [4.78, 5) is 117. The Hall–Kier alpha value is -5.49. The number of aliphatic hydroxyl groups is 2. The molecule has 2 N–H and O–H groups in total. The van der Waals surface area contributed by atoms with Crippen molar-refractivity contribution in [3.8, 4) is 0 Å². The largest absolute Gasteiger partial charge is 0.463 e. The number of rotatable bonds is 13. The van der Waals surface area contributed by atoms with Crippen LogP contribution in [0.25, 0.3) is 0 Å². The van der Waals surface area contributed by atoms with Crippen molar-refractivity contribution in [3.63, 3.8) is 0 Å². The van der Waals surface area contributed by atoms with E-state index in [1.54, 1.807) is 6.08 Å². The number of ether oxygens (including phenoxy) is 12. The van der Waals surface area contributed by atoms with E-state index in [1.165, 1.54) is 13.0 Å². The molecule has 0 aromatic rings. The van der Waals surface area contributed by atoms with E-state index >= 15 is 4.79 Å². The summed E-state index contributed by atoms with van der Waals surface area (Å²) in [5.74, 6) is -11.3. The van der Waals surface area contributed by atoms with E-state index in [9.17, 15) is 48.6 Å². The van der Waals surface area contributed by atoms with Crippen LogP contribution in [0.4, 0.5) is 0 Å². The summed E-state index contributed by atoms with van der Waals surface area (Å²) in [6, 6.07) is 0. The van der Waals surface area contributed by atoms with Crippen LogP contribution in [0.2, 0.25) is 0 Å². The maximum Gasteiger partial charge on any atom is 0.316 e. The van der Waals surface area contributed by atoms with Crippen molar-refractivity contribution in [1.82, 2.24) is 0 Å². The molecule has 3 heterocycles. The lowest BCUT2D eigenvalue weighted by Crippen LogP contribution is -2.67. The number of carbonyl (C=O) groups excluding carboxylic acids is 9. The van der Waals surface area contributed by atoms with Crippen molar-refractivity contribution in [2.24, 2.45) is 28.6 Å². The van der Waals surface area contributed by atoms with Crippen LogP contribution in [0.3, 0.4) is 0 Å². The third-order valence-electron chi connectivity index (χ3n) is 14.2. The second-order valence-electron chi connectivity index (χ2n) is 18.7. The highest BCUT2D eigenvalue weighted by Gasteiger charge is 2.84. The number of fused-ring (bicyclic) bond motifs is 1. The van der Waals surface area contributed by atoms with Gasteiger partial charge in [-0.25, -0.2) is 0 Å². The molecule has 6 fully saturated rings. The molecule has 374 valence electrons. The number of aliphatic hydroxyl groups excluding tert-OH is 1. The average Bonchev–Trinajstić information content (AvgIpc) is 3.65. The first-order chi connectivity index (χ1) is 31.8. The predicted octanol–water partition coefficient (Wildman–Crippen LogP) is 0.105. The Morgan fingerprint density at radius 3 is 1.72 bits per heavy atom. The summed E-state index contributed by atoms with van der Waals surface area (Å²) in [6.45, 7) is 11.3. The molecule has 3 saturated heterocycles. The molecular formula is C45H56O23. The Balaban J connectivity index is 1.30. The van der Waals surface area contributed by atoms with Gasteiger partial charge in [-0.3, -0.25) is 43.2 Å². The molecule has 0 aromatic carbocycles. The van der Waals surface area contributed by atoms with Crippen LogP contribution in [-0.2, 0) is 100.0 Å². The Morgan fingerprint density at radius 2 is 1.18 bits per heavy atom. The van der Waals surface area contributed by atoms with Gasteiger partial charge in [-0.05, 0) is 49.7 Å². The zero-order valence-corrected chi connectivity index (χ0v) is 38.7. The average molecular weight is 965 g/mol. The van der Waals surface area contributed by atoms with Crippen molar-refractivity contribution in [2.75, 3.05) is 13.2 Å². The van der Waals surface area contributed by atoms with E-state index in [2.05, 4.69) is 6.58 Å². The van der Waals surface area contributed by atoms with Gasteiger partial charge in [0.15, 0.2) is 30.7 Å². The predicted molar refractivity (Wildman–Crippen MR) is 217 cm³/mol. The Bertz CT molecular complexity index is 2170. The topological polar surface area (TPSA) is 305 Å². The van der Waals surface area contributed by atoms with Crippen LogP contribution in [0.15, 0.2) is 24.3 Å². The first-order valence-electron chi connectivity index (χ1n) is 22.1.